The summed E-state index contributed by atoms with van der Waals surface area (Å²) < 4.78 is 14.1. The van der Waals surface area contributed by atoms with Crippen LogP contribution in [0.25, 0.3) is 0 Å². The fraction of sp³-hybridized carbons (Fsp3) is 0. The first kappa shape index (κ1) is 15.5. The van der Waals surface area contributed by atoms with Gasteiger partial charge < -0.3 is 0 Å². The van der Waals surface area contributed by atoms with E-state index >= 15 is 0 Å². The summed E-state index contributed by atoms with van der Waals surface area (Å²) in [6.45, 7) is 0. The Kier molecular flexibility index (Phi) is 4.93. The first-order valence-corrected chi connectivity index (χ1v) is 6.96. The Morgan fingerprint density at radius 1 is 1.00 bits per heavy atom. The summed E-state index contributed by atoms with van der Waals surface area (Å²) in [4.78, 5) is 23.7. The molecular weight excluding hydrogens is 363 g/mol. The van der Waals surface area contributed by atoms with Crippen molar-refractivity contribution in [2.45, 2.75) is 0 Å². The van der Waals surface area contributed by atoms with E-state index in [0.717, 1.165) is 6.07 Å². The highest BCUT2D eigenvalue weighted by atomic mass is 79.9. The Labute approximate surface area is 133 Å². The molecule has 2 rings (SSSR count). The van der Waals surface area contributed by atoms with Gasteiger partial charge in [-0.25, -0.2) is 4.39 Å². The summed E-state index contributed by atoms with van der Waals surface area (Å²) in [6.07, 6.45) is 0. The van der Waals surface area contributed by atoms with Crippen molar-refractivity contribution in [1.29, 1.82) is 0 Å². The summed E-state index contributed by atoms with van der Waals surface area (Å²) in [6, 6.07) is 10.2. The predicted molar refractivity (Wildman–Crippen MR) is 80.5 cm³/mol. The lowest BCUT2D eigenvalue weighted by Gasteiger charge is -2.09. The van der Waals surface area contributed by atoms with E-state index in [1.165, 1.54) is 24.3 Å². The molecule has 0 atom stereocenters. The Bertz CT molecular complexity index is 709. The second-order valence-corrected chi connectivity index (χ2v) is 5.34. The molecule has 0 aliphatic carbocycles. The second-order valence-electron chi connectivity index (χ2n) is 4.01. The zero-order valence-corrected chi connectivity index (χ0v) is 12.8. The first-order valence-electron chi connectivity index (χ1n) is 5.79. The van der Waals surface area contributed by atoms with E-state index in [1.807, 2.05) is 0 Å². The fourth-order valence-electron chi connectivity index (χ4n) is 1.57. The van der Waals surface area contributed by atoms with Crippen LogP contribution in [0.4, 0.5) is 4.39 Å². The van der Waals surface area contributed by atoms with Crippen LogP contribution in [0.1, 0.15) is 20.7 Å². The lowest BCUT2D eigenvalue weighted by atomic mass is 10.2. The number of carbonyl (C=O) groups is 2. The normalized spacial score (nSPS) is 10.0. The Morgan fingerprint density at radius 2 is 1.62 bits per heavy atom. The molecule has 4 nitrogen and oxygen atoms in total. The average molecular weight is 372 g/mol. The topological polar surface area (TPSA) is 58.2 Å². The molecule has 2 N–H and O–H groups in total. The quantitative estimate of drug-likeness (QED) is 0.796. The molecule has 0 saturated heterocycles. The summed E-state index contributed by atoms with van der Waals surface area (Å²) in [5.41, 5.74) is 4.33. The number of carbonyl (C=O) groups excluding carboxylic acids is 2. The van der Waals surface area contributed by atoms with Gasteiger partial charge in [0.05, 0.1) is 16.1 Å². The molecule has 0 aromatic heterocycles. The number of hydrazine groups is 1. The molecule has 0 unspecified atom stereocenters. The summed E-state index contributed by atoms with van der Waals surface area (Å²) in [5, 5.41) is 0.232. The Balaban J connectivity index is 2.06. The van der Waals surface area contributed by atoms with Crippen molar-refractivity contribution in [3.05, 3.63) is 68.9 Å². The molecule has 2 aromatic rings. The number of amides is 2. The van der Waals surface area contributed by atoms with Crippen LogP contribution in [0, 0.1) is 5.82 Å². The number of nitrogens with one attached hydrogen (secondary N) is 2. The molecule has 0 bridgehead atoms. The molecular formula is C14H9BrClFN2O2. The van der Waals surface area contributed by atoms with Gasteiger partial charge in [-0.1, -0.05) is 39.7 Å². The van der Waals surface area contributed by atoms with E-state index in [4.69, 9.17) is 11.6 Å². The average Bonchev–Trinajstić information content (AvgIpc) is 2.47. The summed E-state index contributed by atoms with van der Waals surface area (Å²) >= 11 is 9.11. The number of benzene rings is 2. The van der Waals surface area contributed by atoms with Gasteiger partial charge in [-0.05, 0) is 30.3 Å². The zero-order valence-electron chi connectivity index (χ0n) is 10.5. The van der Waals surface area contributed by atoms with Crippen LogP contribution >= 0.6 is 27.5 Å². The summed E-state index contributed by atoms with van der Waals surface area (Å²) in [5.74, 6) is -2.04. The minimum absolute atomic E-state index is 0.168. The van der Waals surface area contributed by atoms with Crippen molar-refractivity contribution in [3.8, 4) is 0 Å². The van der Waals surface area contributed by atoms with E-state index < -0.39 is 17.6 Å². The summed E-state index contributed by atoms with van der Waals surface area (Å²) in [7, 11) is 0. The lowest BCUT2D eigenvalue weighted by Crippen LogP contribution is -2.42. The van der Waals surface area contributed by atoms with Crippen molar-refractivity contribution in [3.63, 3.8) is 0 Å². The highest BCUT2D eigenvalue weighted by molar-refractivity contribution is 9.10. The maximum Gasteiger partial charge on any atom is 0.272 e. The number of halogens is 3. The van der Waals surface area contributed by atoms with E-state index in [9.17, 15) is 14.0 Å². The van der Waals surface area contributed by atoms with E-state index in [-0.39, 0.29) is 16.1 Å². The molecule has 0 spiro atoms. The highest BCUT2D eigenvalue weighted by Gasteiger charge is 2.14. The third-order valence-electron chi connectivity index (χ3n) is 2.58. The number of hydrogen-bond acceptors (Lipinski definition) is 2. The minimum Gasteiger partial charge on any atom is -0.267 e. The van der Waals surface area contributed by atoms with Gasteiger partial charge >= 0.3 is 0 Å². The van der Waals surface area contributed by atoms with Crippen molar-refractivity contribution in [1.82, 2.24) is 10.9 Å². The lowest BCUT2D eigenvalue weighted by molar-refractivity contribution is 0.0844. The Hall–Kier alpha value is -1.92. The van der Waals surface area contributed by atoms with Crippen molar-refractivity contribution >= 4 is 39.3 Å². The molecule has 2 aromatic carbocycles. The second kappa shape index (κ2) is 6.69. The number of rotatable bonds is 2. The molecule has 0 radical (unpaired) electrons. The van der Waals surface area contributed by atoms with E-state index in [0.29, 0.717) is 4.47 Å². The maximum atomic E-state index is 13.4. The van der Waals surface area contributed by atoms with Crippen molar-refractivity contribution in [2.75, 3.05) is 0 Å². The molecule has 2 amide bonds. The van der Waals surface area contributed by atoms with Gasteiger partial charge in [0.2, 0.25) is 0 Å². The largest absolute Gasteiger partial charge is 0.272 e. The van der Waals surface area contributed by atoms with Gasteiger partial charge in [0, 0.05) is 4.47 Å². The molecule has 7 heteroatoms. The smallest absolute Gasteiger partial charge is 0.267 e. The zero-order chi connectivity index (χ0) is 15.4. The van der Waals surface area contributed by atoms with E-state index in [2.05, 4.69) is 26.8 Å². The molecule has 0 aliphatic heterocycles. The van der Waals surface area contributed by atoms with Crippen LogP contribution in [-0.2, 0) is 0 Å². The van der Waals surface area contributed by atoms with Crippen molar-refractivity contribution < 1.29 is 14.0 Å². The Morgan fingerprint density at radius 3 is 2.29 bits per heavy atom. The molecule has 0 saturated carbocycles. The monoisotopic (exact) mass is 370 g/mol. The third-order valence-corrected chi connectivity index (χ3v) is 3.40. The minimum atomic E-state index is -0.757. The molecule has 0 fully saturated rings. The standard InChI is InChI=1S/C14H9BrClFN2O2/c15-8-5-6-11(16)10(7-8)14(21)19-18-13(20)9-3-1-2-4-12(9)17/h1-7H,(H,18,20)(H,19,21). The third kappa shape index (κ3) is 3.80. The predicted octanol–water partition coefficient (Wildman–Crippen LogP) is 3.32. The highest BCUT2D eigenvalue weighted by Crippen LogP contribution is 2.20. The van der Waals surface area contributed by atoms with Crippen molar-refractivity contribution in [2.24, 2.45) is 0 Å². The molecule has 0 aliphatic rings. The van der Waals surface area contributed by atoms with Crippen LogP contribution in [0.15, 0.2) is 46.9 Å². The van der Waals surface area contributed by atoms with Gasteiger partial charge in [0.1, 0.15) is 5.82 Å². The van der Waals surface area contributed by atoms with Gasteiger partial charge in [0.15, 0.2) is 0 Å². The number of hydrogen-bond donors (Lipinski definition) is 2. The van der Waals surface area contributed by atoms with Gasteiger partial charge in [-0.3, -0.25) is 20.4 Å². The SMILES string of the molecule is O=C(NNC(=O)c1cc(Br)ccc1Cl)c1ccccc1F. The maximum absolute atomic E-state index is 13.4. The van der Waals surface area contributed by atoms with Crippen LogP contribution in [-0.4, -0.2) is 11.8 Å². The first-order chi connectivity index (χ1) is 9.99. The molecule has 108 valence electrons. The van der Waals surface area contributed by atoms with Gasteiger partial charge in [-0.2, -0.15) is 0 Å². The molecule has 0 heterocycles. The van der Waals surface area contributed by atoms with Crippen LogP contribution in [0.5, 0.6) is 0 Å². The van der Waals surface area contributed by atoms with Crippen LogP contribution < -0.4 is 10.9 Å². The fourth-order valence-corrected chi connectivity index (χ4v) is 2.13. The molecule has 21 heavy (non-hydrogen) atoms. The van der Waals surface area contributed by atoms with Crippen LogP contribution in [0.2, 0.25) is 5.02 Å². The van der Waals surface area contributed by atoms with Gasteiger partial charge in [-0.15, -0.1) is 0 Å². The van der Waals surface area contributed by atoms with E-state index in [1.54, 1.807) is 12.1 Å². The van der Waals surface area contributed by atoms with Gasteiger partial charge in [0.25, 0.3) is 11.8 Å². The van der Waals surface area contributed by atoms with Crippen LogP contribution in [0.3, 0.4) is 0 Å².